The zero-order valence-corrected chi connectivity index (χ0v) is 19.1. The Kier molecular flexibility index (Phi) is 8.49. The van der Waals surface area contributed by atoms with Gasteiger partial charge in [-0.3, -0.25) is 4.79 Å². The Labute approximate surface area is 189 Å². The van der Waals surface area contributed by atoms with Crippen molar-refractivity contribution in [2.24, 2.45) is 10.7 Å². The Hall–Kier alpha value is -1.88. The number of carbonyl (C=O) groups is 1. The molecule has 28 heavy (non-hydrogen) atoms. The number of piperazine rings is 1. The molecule has 0 spiro atoms. The first-order valence-corrected chi connectivity index (χ1v) is 9.41. The molecule has 9 heteroatoms. The molecule has 2 aromatic rings. The molecule has 0 bridgehead atoms. The molecule has 1 aliphatic rings. The Morgan fingerprint density at radius 3 is 2.46 bits per heavy atom. The third-order valence-corrected chi connectivity index (χ3v) is 4.78. The normalized spacial score (nSPS) is 14.4. The first kappa shape index (κ1) is 22.4. The highest BCUT2D eigenvalue weighted by atomic mass is 127. The van der Waals surface area contributed by atoms with Crippen molar-refractivity contribution in [3.05, 3.63) is 58.8 Å². The molecule has 0 radical (unpaired) electrons. The van der Waals surface area contributed by atoms with E-state index in [9.17, 15) is 9.18 Å². The number of carbonyl (C=O) groups excluding carboxylic acids is 1. The molecule has 1 fully saturated rings. The minimum Gasteiger partial charge on any atom is -0.370 e. The Balaban J connectivity index is 0.00000280. The van der Waals surface area contributed by atoms with Crippen molar-refractivity contribution in [2.45, 2.75) is 0 Å². The zero-order valence-electron chi connectivity index (χ0n) is 15.1. The molecule has 3 N–H and O–H groups in total. The van der Waals surface area contributed by atoms with Gasteiger partial charge >= 0.3 is 0 Å². The maximum absolute atomic E-state index is 13.0. The summed E-state index contributed by atoms with van der Waals surface area (Å²) in [5.41, 5.74) is 7.73. The Morgan fingerprint density at radius 2 is 1.82 bits per heavy atom. The quantitative estimate of drug-likeness (QED) is 0.341. The van der Waals surface area contributed by atoms with Crippen molar-refractivity contribution in [2.75, 3.05) is 42.9 Å². The summed E-state index contributed by atoms with van der Waals surface area (Å²) in [6, 6.07) is 13.8. The average molecular weight is 562 g/mol. The van der Waals surface area contributed by atoms with E-state index in [0.29, 0.717) is 24.7 Å². The lowest BCUT2D eigenvalue weighted by molar-refractivity contribution is -0.114. The first-order valence-electron chi connectivity index (χ1n) is 8.62. The van der Waals surface area contributed by atoms with Gasteiger partial charge in [0.25, 0.3) is 0 Å². The number of nitrogens with zero attached hydrogens (tertiary/aromatic N) is 3. The van der Waals surface area contributed by atoms with E-state index in [2.05, 4.69) is 31.1 Å². The number of hydrogen-bond donors (Lipinski definition) is 2. The lowest BCUT2D eigenvalue weighted by atomic mass is 10.2. The molecule has 0 aliphatic carbocycles. The van der Waals surface area contributed by atoms with Crippen molar-refractivity contribution >= 4 is 63.1 Å². The van der Waals surface area contributed by atoms with Crippen LogP contribution in [0.4, 0.5) is 15.8 Å². The second kappa shape index (κ2) is 10.6. The molecule has 150 valence electrons. The van der Waals surface area contributed by atoms with Gasteiger partial charge in [-0.05, 0) is 42.5 Å². The highest BCUT2D eigenvalue weighted by molar-refractivity contribution is 14.0. The van der Waals surface area contributed by atoms with E-state index < -0.39 is 0 Å². The molecule has 0 aromatic heterocycles. The van der Waals surface area contributed by atoms with Gasteiger partial charge in [0, 0.05) is 42.0 Å². The number of rotatable bonds is 4. The Morgan fingerprint density at radius 1 is 1.14 bits per heavy atom. The lowest BCUT2D eigenvalue weighted by Gasteiger charge is -2.36. The van der Waals surface area contributed by atoms with Crippen LogP contribution in [0.3, 0.4) is 0 Å². The third-order valence-electron chi connectivity index (χ3n) is 4.29. The summed E-state index contributed by atoms with van der Waals surface area (Å²) in [5, 5.41) is 2.79. The van der Waals surface area contributed by atoms with Gasteiger partial charge in [0.15, 0.2) is 5.96 Å². The van der Waals surface area contributed by atoms with Crippen LogP contribution in [-0.2, 0) is 4.79 Å². The summed E-state index contributed by atoms with van der Waals surface area (Å²) in [7, 11) is 0. The molecular weight excluding hydrogens is 540 g/mol. The summed E-state index contributed by atoms with van der Waals surface area (Å²) in [4.78, 5) is 20.4. The summed E-state index contributed by atoms with van der Waals surface area (Å²) in [5.74, 6) is -0.103. The highest BCUT2D eigenvalue weighted by Gasteiger charge is 2.18. The number of benzene rings is 2. The second-order valence-electron chi connectivity index (χ2n) is 6.18. The number of anilines is 2. The largest absolute Gasteiger partial charge is 0.370 e. The number of guanidine groups is 1. The van der Waals surface area contributed by atoms with Crippen LogP contribution in [0.2, 0.25) is 0 Å². The molecule has 1 aliphatic heterocycles. The van der Waals surface area contributed by atoms with Crippen LogP contribution in [0.1, 0.15) is 0 Å². The molecule has 1 heterocycles. The van der Waals surface area contributed by atoms with Gasteiger partial charge < -0.3 is 20.9 Å². The fourth-order valence-electron chi connectivity index (χ4n) is 2.87. The fraction of sp³-hybridized carbons (Fsp3) is 0.263. The van der Waals surface area contributed by atoms with Crippen LogP contribution >= 0.6 is 39.9 Å². The molecule has 1 saturated heterocycles. The lowest BCUT2D eigenvalue weighted by Crippen LogP contribution is -2.51. The van der Waals surface area contributed by atoms with Crippen molar-refractivity contribution in [1.82, 2.24) is 4.90 Å². The minimum atomic E-state index is -0.241. The van der Waals surface area contributed by atoms with Crippen molar-refractivity contribution in [3.63, 3.8) is 0 Å². The van der Waals surface area contributed by atoms with E-state index in [1.807, 2.05) is 29.2 Å². The summed E-state index contributed by atoms with van der Waals surface area (Å²) in [6.07, 6.45) is 0. The standard InChI is InChI=1S/C19H21BrFN5O.HI/c20-14-2-1-3-16(12-14)24-18(27)13-23-19(22)26-10-8-25(9-11-26)17-6-4-15(21)5-7-17;/h1-7,12H,8-11,13H2,(H2,22,23)(H,24,27);1H. The van der Waals surface area contributed by atoms with Crippen LogP contribution in [-0.4, -0.2) is 49.5 Å². The zero-order chi connectivity index (χ0) is 19.2. The molecule has 1 amide bonds. The monoisotopic (exact) mass is 561 g/mol. The molecule has 0 saturated carbocycles. The van der Waals surface area contributed by atoms with E-state index in [0.717, 1.165) is 23.2 Å². The summed E-state index contributed by atoms with van der Waals surface area (Å²) in [6.45, 7) is 2.87. The highest BCUT2D eigenvalue weighted by Crippen LogP contribution is 2.17. The molecular formula is C19H22BrFIN5O. The molecule has 3 rings (SSSR count). The molecule has 0 unspecified atom stereocenters. The number of aliphatic imine (C=N–C) groups is 1. The number of amides is 1. The van der Waals surface area contributed by atoms with Gasteiger partial charge in [-0.1, -0.05) is 22.0 Å². The van der Waals surface area contributed by atoms with Gasteiger partial charge in [0.05, 0.1) is 0 Å². The topological polar surface area (TPSA) is 74.0 Å². The number of nitrogens with two attached hydrogens (primary N) is 1. The van der Waals surface area contributed by atoms with Crippen LogP contribution < -0.4 is 16.0 Å². The van der Waals surface area contributed by atoms with Crippen molar-refractivity contribution in [3.8, 4) is 0 Å². The van der Waals surface area contributed by atoms with Crippen LogP contribution in [0, 0.1) is 5.82 Å². The Bertz CT molecular complexity index is 825. The molecule has 0 atom stereocenters. The van der Waals surface area contributed by atoms with E-state index in [-0.39, 0.29) is 42.2 Å². The number of nitrogens with one attached hydrogen (secondary N) is 1. The first-order chi connectivity index (χ1) is 13.0. The van der Waals surface area contributed by atoms with Crippen molar-refractivity contribution < 1.29 is 9.18 Å². The fourth-order valence-corrected chi connectivity index (χ4v) is 3.26. The smallest absolute Gasteiger partial charge is 0.246 e. The maximum Gasteiger partial charge on any atom is 0.246 e. The number of halogens is 3. The second-order valence-corrected chi connectivity index (χ2v) is 7.10. The van der Waals surface area contributed by atoms with Crippen LogP contribution in [0.15, 0.2) is 58.0 Å². The SMILES string of the molecule is I.NC(=NCC(=O)Nc1cccc(Br)c1)N1CCN(c2ccc(F)cc2)CC1. The van der Waals surface area contributed by atoms with Gasteiger partial charge in [-0.2, -0.15) is 0 Å². The summed E-state index contributed by atoms with van der Waals surface area (Å²) < 4.78 is 13.9. The van der Waals surface area contributed by atoms with E-state index >= 15 is 0 Å². The van der Waals surface area contributed by atoms with Gasteiger partial charge in [0.1, 0.15) is 12.4 Å². The van der Waals surface area contributed by atoms with Gasteiger partial charge in [-0.25, -0.2) is 9.38 Å². The van der Waals surface area contributed by atoms with Gasteiger partial charge in [-0.15, -0.1) is 24.0 Å². The molecule has 2 aromatic carbocycles. The summed E-state index contributed by atoms with van der Waals surface area (Å²) >= 11 is 3.36. The predicted molar refractivity (Wildman–Crippen MR) is 125 cm³/mol. The van der Waals surface area contributed by atoms with E-state index in [1.54, 1.807) is 12.1 Å². The van der Waals surface area contributed by atoms with E-state index in [1.165, 1.54) is 12.1 Å². The third kappa shape index (κ3) is 6.33. The van der Waals surface area contributed by atoms with E-state index in [4.69, 9.17) is 5.73 Å². The van der Waals surface area contributed by atoms with Gasteiger partial charge in [0.2, 0.25) is 5.91 Å². The predicted octanol–water partition coefficient (Wildman–Crippen LogP) is 3.28. The van der Waals surface area contributed by atoms with Crippen molar-refractivity contribution in [1.29, 1.82) is 0 Å². The maximum atomic E-state index is 13.0. The molecule has 6 nitrogen and oxygen atoms in total. The minimum absolute atomic E-state index is 0. The average Bonchev–Trinajstić information content (AvgIpc) is 2.67. The van der Waals surface area contributed by atoms with Crippen LogP contribution in [0.5, 0.6) is 0 Å². The number of hydrogen-bond acceptors (Lipinski definition) is 3. The van der Waals surface area contributed by atoms with Crippen LogP contribution in [0.25, 0.3) is 0 Å².